The molecule has 0 N–H and O–H groups in total. The van der Waals surface area contributed by atoms with Crippen molar-refractivity contribution in [2.75, 3.05) is 26.3 Å². The summed E-state index contributed by atoms with van der Waals surface area (Å²) in [5.41, 5.74) is 0. The second kappa shape index (κ2) is 4.37. The number of ether oxygens (including phenoxy) is 2. The fourth-order valence-electron chi connectivity index (χ4n) is 2.55. The van der Waals surface area contributed by atoms with Crippen molar-refractivity contribution >= 4 is 6.03 Å². The van der Waals surface area contributed by atoms with Gasteiger partial charge in [0.2, 0.25) is 0 Å². The zero-order chi connectivity index (χ0) is 12.6. The molecule has 98 valence electrons. The Morgan fingerprint density at radius 3 is 2.50 bits per heavy atom. The van der Waals surface area contributed by atoms with Gasteiger partial charge in [0.1, 0.15) is 12.4 Å². The molecule has 2 aliphatic rings. The number of likely N-dealkylation sites (tertiary alicyclic amines) is 1. The smallest absolute Gasteiger partial charge is 0.347 e. The molecule has 0 bridgehead atoms. The van der Waals surface area contributed by atoms with E-state index in [2.05, 4.69) is 0 Å². The van der Waals surface area contributed by atoms with E-state index in [1.54, 1.807) is 17.1 Å². The Bertz CT molecular complexity index is 441. The van der Waals surface area contributed by atoms with Crippen LogP contribution in [0, 0.1) is 0 Å². The van der Waals surface area contributed by atoms with E-state index in [0.717, 1.165) is 12.8 Å². The van der Waals surface area contributed by atoms with Crippen molar-refractivity contribution in [2.24, 2.45) is 7.05 Å². The van der Waals surface area contributed by atoms with Crippen molar-refractivity contribution in [3.8, 4) is 0 Å². The van der Waals surface area contributed by atoms with Crippen LogP contribution in [0.15, 0.2) is 18.7 Å². The molecule has 0 aliphatic carbocycles. The summed E-state index contributed by atoms with van der Waals surface area (Å²) in [4.78, 5) is 14.1. The second-order valence-electron chi connectivity index (χ2n) is 4.86. The number of rotatable bonds is 0. The average Bonchev–Trinajstić information content (AvgIpc) is 3.00. The number of hydrogen-bond acceptors (Lipinski definition) is 3. The first kappa shape index (κ1) is 11.7. The molecule has 3 heterocycles. The minimum absolute atomic E-state index is 0.0171. The third-order valence-electron chi connectivity index (χ3n) is 3.60. The summed E-state index contributed by atoms with van der Waals surface area (Å²) in [6.45, 7) is 2.70. The molecule has 1 spiro atoms. The molecular weight excluding hydrogens is 234 g/mol. The maximum atomic E-state index is 12.2. The fraction of sp³-hybridized carbons (Fsp3) is 0.667. The van der Waals surface area contributed by atoms with Crippen LogP contribution in [0.4, 0.5) is 4.79 Å². The number of amides is 1. The van der Waals surface area contributed by atoms with E-state index in [0.29, 0.717) is 26.3 Å². The maximum absolute atomic E-state index is 12.2. The Morgan fingerprint density at radius 2 is 1.94 bits per heavy atom. The quantitative estimate of drug-likeness (QED) is 0.616. The minimum Gasteiger partial charge on any atom is -0.347 e. The van der Waals surface area contributed by atoms with Gasteiger partial charge in [0.15, 0.2) is 5.79 Å². The Kier molecular flexibility index (Phi) is 2.83. The third-order valence-corrected chi connectivity index (χ3v) is 3.60. The van der Waals surface area contributed by atoms with Gasteiger partial charge in [0.25, 0.3) is 6.33 Å². The van der Waals surface area contributed by atoms with E-state index in [4.69, 9.17) is 9.47 Å². The number of piperidine rings is 1. The van der Waals surface area contributed by atoms with E-state index in [-0.39, 0.29) is 6.03 Å². The topological polar surface area (TPSA) is 47.6 Å². The monoisotopic (exact) mass is 252 g/mol. The van der Waals surface area contributed by atoms with Crippen LogP contribution < -0.4 is 4.57 Å². The Labute approximate surface area is 106 Å². The average molecular weight is 252 g/mol. The van der Waals surface area contributed by atoms with Crippen molar-refractivity contribution in [1.82, 2.24) is 9.47 Å². The van der Waals surface area contributed by atoms with Gasteiger partial charge in [0.05, 0.1) is 20.3 Å². The Hall–Kier alpha value is -1.40. The van der Waals surface area contributed by atoms with E-state index in [1.807, 2.05) is 22.7 Å². The number of aromatic nitrogens is 2. The maximum Gasteiger partial charge on any atom is 0.415 e. The van der Waals surface area contributed by atoms with E-state index >= 15 is 0 Å². The highest BCUT2D eigenvalue weighted by Gasteiger charge is 2.41. The SMILES string of the molecule is C[n+]1ccn(C(=O)N2CCC3(CC2)OCCO3)c1. The first-order valence-electron chi connectivity index (χ1n) is 6.29. The lowest BCUT2D eigenvalue weighted by Crippen LogP contribution is -2.48. The largest absolute Gasteiger partial charge is 0.415 e. The van der Waals surface area contributed by atoms with Crippen LogP contribution in [-0.2, 0) is 16.5 Å². The lowest BCUT2D eigenvalue weighted by atomic mass is 10.0. The second-order valence-corrected chi connectivity index (χ2v) is 4.86. The summed E-state index contributed by atoms with van der Waals surface area (Å²) in [6, 6.07) is 0.0171. The van der Waals surface area contributed by atoms with Gasteiger partial charge in [-0.15, -0.1) is 0 Å². The van der Waals surface area contributed by atoms with Gasteiger partial charge in [-0.05, 0) is 0 Å². The van der Waals surface area contributed by atoms with Crippen molar-refractivity contribution in [1.29, 1.82) is 0 Å². The zero-order valence-corrected chi connectivity index (χ0v) is 10.5. The van der Waals surface area contributed by atoms with Crippen molar-refractivity contribution < 1.29 is 18.8 Å². The lowest BCUT2D eigenvalue weighted by molar-refractivity contribution is -0.670. The fourth-order valence-corrected chi connectivity index (χ4v) is 2.55. The molecule has 1 amide bonds. The van der Waals surface area contributed by atoms with E-state index in [1.165, 1.54) is 0 Å². The summed E-state index contributed by atoms with van der Waals surface area (Å²) in [7, 11) is 1.90. The number of carbonyl (C=O) groups excluding carboxylic acids is 1. The van der Waals surface area contributed by atoms with Crippen LogP contribution in [0.25, 0.3) is 0 Å². The molecule has 0 unspecified atom stereocenters. The van der Waals surface area contributed by atoms with E-state index in [9.17, 15) is 4.79 Å². The predicted octanol–water partition coefficient (Wildman–Crippen LogP) is 0.120. The van der Waals surface area contributed by atoms with Crippen LogP contribution in [0.5, 0.6) is 0 Å². The number of aryl methyl sites for hydroxylation is 1. The molecule has 6 nitrogen and oxygen atoms in total. The summed E-state index contributed by atoms with van der Waals surface area (Å²) < 4.78 is 14.8. The normalized spacial score (nSPS) is 22.6. The van der Waals surface area contributed by atoms with Gasteiger partial charge in [-0.1, -0.05) is 0 Å². The molecule has 0 aromatic carbocycles. The van der Waals surface area contributed by atoms with Crippen molar-refractivity contribution in [3.05, 3.63) is 18.7 Å². The lowest BCUT2D eigenvalue weighted by Gasteiger charge is -2.36. The van der Waals surface area contributed by atoms with Crippen LogP contribution in [-0.4, -0.2) is 47.6 Å². The predicted molar refractivity (Wildman–Crippen MR) is 61.8 cm³/mol. The number of hydrogen-bond donors (Lipinski definition) is 0. The molecule has 2 aliphatic heterocycles. The molecule has 0 atom stereocenters. The minimum atomic E-state index is -0.419. The standard InChI is InChI=1S/C12H18N3O3/c1-13-6-7-15(10-13)11(16)14-4-2-12(3-5-14)17-8-9-18-12/h6-7,10H,2-5,8-9H2,1H3/q+1. The van der Waals surface area contributed by atoms with Gasteiger partial charge in [-0.2, -0.15) is 4.57 Å². The molecular formula is C12H18N3O3+. The molecule has 0 saturated carbocycles. The molecule has 1 aromatic rings. The number of carbonyl (C=O) groups is 1. The summed E-state index contributed by atoms with van der Waals surface area (Å²) in [6.07, 6.45) is 6.91. The van der Waals surface area contributed by atoms with Crippen LogP contribution in [0.3, 0.4) is 0 Å². The van der Waals surface area contributed by atoms with E-state index < -0.39 is 5.79 Å². The molecule has 2 fully saturated rings. The molecule has 6 heteroatoms. The highest BCUT2D eigenvalue weighted by molar-refractivity contribution is 5.76. The summed E-state index contributed by atoms with van der Waals surface area (Å²) in [5, 5.41) is 0. The molecule has 18 heavy (non-hydrogen) atoms. The van der Waals surface area contributed by atoms with Gasteiger partial charge in [-0.3, -0.25) is 0 Å². The zero-order valence-electron chi connectivity index (χ0n) is 10.5. The number of imidazole rings is 1. The summed E-state index contributed by atoms with van der Waals surface area (Å²) >= 11 is 0. The molecule has 0 radical (unpaired) electrons. The first-order valence-corrected chi connectivity index (χ1v) is 6.29. The van der Waals surface area contributed by atoms with Crippen LogP contribution >= 0.6 is 0 Å². The highest BCUT2D eigenvalue weighted by Crippen LogP contribution is 2.31. The van der Waals surface area contributed by atoms with Crippen LogP contribution in [0.2, 0.25) is 0 Å². The van der Waals surface area contributed by atoms with Crippen LogP contribution in [0.1, 0.15) is 12.8 Å². The summed E-state index contributed by atoms with van der Waals surface area (Å²) in [5.74, 6) is -0.419. The van der Waals surface area contributed by atoms with Gasteiger partial charge in [-0.25, -0.2) is 9.36 Å². The molecule has 1 aromatic heterocycles. The van der Waals surface area contributed by atoms with Gasteiger partial charge < -0.3 is 14.4 Å². The molecule has 3 rings (SSSR count). The highest BCUT2D eigenvalue weighted by atomic mass is 16.7. The van der Waals surface area contributed by atoms with Gasteiger partial charge in [0, 0.05) is 25.9 Å². The van der Waals surface area contributed by atoms with Crippen molar-refractivity contribution in [2.45, 2.75) is 18.6 Å². The Balaban J connectivity index is 1.64. The number of nitrogens with zero attached hydrogens (tertiary/aromatic N) is 3. The first-order chi connectivity index (χ1) is 8.69. The van der Waals surface area contributed by atoms with Crippen molar-refractivity contribution in [3.63, 3.8) is 0 Å². The Morgan fingerprint density at radius 1 is 1.28 bits per heavy atom. The van der Waals surface area contributed by atoms with Gasteiger partial charge >= 0.3 is 6.03 Å². The molecule has 2 saturated heterocycles. The third kappa shape index (κ3) is 2.02.